The Morgan fingerprint density at radius 3 is 2.69 bits per heavy atom. The standard InChI is InChI=1S/C10H20N2O/c1-12(2)9(7-13)10-4-3-8(5-10)6-11-10/h8-9,11,13H,3-7H2,1-2H3. The van der Waals surface area contributed by atoms with E-state index >= 15 is 0 Å². The van der Waals surface area contributed by atoms with Crippen molar-refractivity contribution in [2.24, 2.45) is 5.92 Å². The molecule has 76 valence electrons. The minimum atomic E-state index is 0.225. The zero-order valence-electron chi connectivity index (χ0n) is 8.58. The van der Waals surface area contributed by atoms with Gasteiger partial charge in [0.15, 0.2) is 0 Å². The molecule has 2 N–H and O–H groups in total. The molecular weight excluding hydrogens is 164 g/mol. The largest absolute Gasteiger partial charge is 0.395 e. The Balaban J connectivity index is 2.12. The molecule has 0 aromatic carbocycles. The number of likely N-dealkylation sites (N-methyl/N-ethyl adjacent to an activating group) is 1. The van der Waals surface area contributed by atoms with Gasteiger partial charge in [-0.15, -0.1) is 0 Å². The number of rotatable bonds is 3. The van der Waals surface area contributed by atoms with Crippen LogP contribution in [0.4, 0.5) is 0 Å². The number of fused-ring (bicyclic) bond motifs is 2. The van der Waals surface area contributed by atoms with Gasteiger partial charge in [0.05, 0.1) is 12.6 Å². The third-order valence-corrected chi connectivity index (χ3v) is 3.83. The van der Waals surface area contributed by atoms with Gasteiger partial charge in [0.25, 0.3) is 0 Å². The lowest BCUT2D eigenvalue weighted by Crippen LogP contribution is -2.57. The van der Waals surface area contributed by atoms with E-state index in [9.17, 15) is 5.11 Å². The van der Waals surface area contributed by atoms with Crippen molar-refractivity contribution < 1.29 is 5.11 Å². The molecule has 1 saturated carbocycles. The topological polar surface area (TPSA) is 35.5 Å². The van der Waals surface area contributed by atoms with E-state index in [4.69, 9.17) is 0 Å². The average Bonchev–Trinajstić information content (AvgIpc) is 2.64. The van der Waals surface area contributed by atoms with Crippen molar-refractivity contribution in [2.45, 2.75) is 30.8 Å². The molecule has 3 atom stereocenters. The summed E-state index contributed by atoms with van der Waals surface area (Å²) in [6, 6.07) is 0.292. The summed E-state index contributed by atoms with van der Waals surface area (Å²) in [4.78, 5) is 2.15. The zero-order valence-corrected chi connectivity index (χ0v) is 8.58. The van der Waals surface area contributed by atoms with E-state index in [1.165, 1.54) is 19.3 Å². The van der Waals surface area contributed by atoms with Crippen LogP contribution in [0.15, 0.2) is 0 Å². The summed E-state index contributed by atoms with van der Waals surface area (Å²) >= 11 is 0. The fourth-order valence-corrected chi connectivity index (χ4v) is 3.12. The molecular formula is C10H20N2O. The van der Waals surface area contributed by atoms with E-state index in [1.807, 2.05) is 0 Å². The minimum Gasteiger partial charge on any atom is -0.395 e. The summed E-state index contributed by atoms with van der Waals surface area (Å²) in [5.41, 5.74) is 0.225. The maximum absolute atomic E-state index is 9.39. The zero-order chi connectivity index (χ0) is 9.47. The maximum Gasteiger partial charge on any atom is 0.0604 e. The second-order valence-corrected chi connectivity index (χ2v) is 4.81. The second-order valence-electron chi connectivity index (χ2n) is 4.81. The molecule has 2 bridgehead atoms. The van der Waals surface area contributed by atoms with Crippen molar-refractivity contribution in [3.05, 3.63) is 0 Å². The summed E-state index contributed by atoms with van der Waals surface area (Å²) in [6.45, 7) is 1.43. The van der Waals surface area contributed by atoms with Crippen LogP contribution < -0.4 is 5.32 Å². The molecule has 3 unspecified atom stereocenters. The number of hydrogen-bond acceptors (Lipinski definition) is 3. The van der Waals surface area contributed by atoms with Gasteiger partial charge in [0.1, 0.15) is 0 Å². The monoisotopic (exact) mass is 184 g/mol. The molecule has 2 aliphatic rings. The van der Waals surface area contributed by atoms with Gasteiger partial charge in [-0.2, -0.15) is 0 Å². The van der Waals surface area contributed by atoms with Crippen molar-refractivity contribution in [2.75, 3.05) is 27.2 Å². The van der Waals surface area contributed by atoms with Crippen LogP contribution in [0.1, 0.15) is 19.3 Å². The highest BCUT2D eigenvalue weighted by Crippen LogP contribution is 2.42. The molecule has 0 aromatic rings. The predicted molar refractivity (Wildman–Crippen MR) is 52.6 cm³/mol. The number of piperidine rings is 1. The lowest BCUT2D eigenvalue weighted by molar-refractivity contribution is 0.0900. The molecule has 0 spiro atoms. The van der Waals surface area contributed by atoms with Gasteiger partial charge in [0.2, 0.25) is 0 Å². The van der Waals surface area contributed by atoms with Gasteiger partial charge in [-0.3, -0.25) is 0 Å². The van der Waals surface area contributed by atoms with Crippen LogP contribution in [0.3, 0.4) is 0 Å². The summed E-state index contributed by atoms with van der Waals surface area (Å²) in [5.74, 6) is 0.869. The van der Waals surface area contributed by atoms with E-state index in [2.05, 4.69) is 24.3 Å². The highest BCUT2D eigenvalue weighted by molar-refractivity contribution is 5.09. The first-order valence-corrected chi connectivity index (χ1v) is 5.20. The molecule has 0 amide bonds. The lowest BCUT2D eigenvalue weighted by atomic mass is 9.89. The highest BCUT2D eigenvalue weighted by atomic mass is 16.3. The first kappa shape index (κ1) is 9.44. The third-order valence-electron chi connectivity index (χ3n) is 3.83. The molecule has 2 fully saturated rings. The summed E-state index contributed by atoms with van der Waals surface area (Å²) in [7, 11) is 4.12. The number of hydrogen-bond donors (Lipinski definition) is 2. The molecule has 2 rings (SSSR count). The first-order valence-electron chi connectivity index (χ1n) is 5.20. The number of aliphatic hydroxyl groups is 1. The van der Waals surface area contributed by atoms with Crippen LogP contribution >= 0.6 is 0 Å². The van der Waals surface area contributed by atoms with Gasteiger partial charge >= 0.3 is 0 Å². The first-order chi connectivity index (χ1) is 6.18. The average molecular weight is 184 g/mol. The normalized spacial score (nSPS) is 40.2. The molecule has 3 heteroatoms. The van der Waals surface area contributed by atoms with E-state index < -0.39 is 0 Å². The maximum atomic E-state index is 9.39. The Bertz CT molecular complexity index is 185. The van der Waals surface area contributed by atoms with Gasteiger partial charge in [0, 0.05) is 5.54 Å². The Labute approximate surface area is 80.1 Å². The predicted octanol–water partition coefficient (Wildman–Crippen LogP) is 0.0510. The molecule has 13 heavy (non-hydrogen) atoms. The van der Waals surface area contributed by atoms with Crippen LogP contribution in [0.25, 0.3) is 0 Å². The van der Waals surface area contributed by atoms with Crippen LogP contribution in [0, 0.1) is 5.92 Å². The quantitative estimate of drug-likeness (QED) is 0.650. The molecule has 1 aliphatic heterocycles. The Morgan fingerprint density at radius 1 is 1.62 bits per heavy atom. The molecule has 1 saturated heterocycles. The molecule has 1 heterocycles. The lowest BCUT2D eigenvalue weighted by Gasteiger charge is -2.39. The van der Waals surface area contributed by atoms with Crippen LogP contribution in [0.5, 0.6) is 0 Å². The van der Waals surface area contributed by atoms with Crippen LogP contribution in [0.2, 0.25) is 0 Å². The summed E-state index contributed by atoms with van der Waals surface area (Å²) in [6.07, 6.45) is 3.84. The Hall–Kier alpha value is -0.120. The fraction of sp³-hybridized carbons (Fsp3) is 1.00. The number of aliphatic hydroxyl groups excluding tert-OH is 1. The number of nitrogens with one attached hydrogen (secondary N) is 1. The minimum absolute atomic E-state index is 0.225. The Kier molecular flexibility index (Phi) is 2.34. The van der Waals surface area contributed by atoms with Crippen molar-refractivity contribution in [1.29, 1.82) is 0 Å². The van der Waals surface area contributed by atoms with Crippen molar-refractivity contribution in [3.8, 4) is 0 Å². The summed E-state index contributed by atoms with van der Waals surface area (Å²) in [5, 5.41) is 13.0. The third kappa shape index (κ3) is 1.39. The van der Waals surface area contributed by atoms with E-state index in [-0.39, 0.29) is 12.1 Å². The number of nitrogens with zero attached hydrogens (tertiary/aromatic N) is 1. The molecule has 0 aromatic heterocycles. The molecule has 1 aliphatic carbocycles. The van der Waals surface area contributed by atoms with Gasteiger partial charge in [-0.05, 0) is 45.8 Å². The van der Waals surface area contributed by atoms with Crippen molar-refractivity contribution in [3.63, 3.8) is 0 Å². The van der Waals surface area contributed by atoms with E-state index in [0.717, 1.165) is 12.5 Å². The smallest absolute Gasteiger partial charge is 0.0604 e. The van der Waals surface area contributed by atoms with Gasteiger partial charge in [-0.1, -0.05) is 0 Å². The van der Waals surface area contributed by atoms with Gasteiger partial charge in [-0.25, -0.2) is 0 Å². The second kappa shape index (κ2) is 3.23. The van der Waals surface area contributed by atoms with E-state index in [1.54, 1.807) is 0 Å². The van der Waals surface area contributed by atoms with Crippen LogP contribution in [-0.2, 0) is 0 Å². The Morgan fingerprint density at radius 2 is 2.38 bits per heavy atom. The highest BCUT2D eigenvalue weighted by Gasteiger charge is 2.49. The van der Waals surface area contributed by atoms with E-state index in [0.29, 0.717) is 6.04 Å². The SMILES string of the molecule is CN(C)C(CO)C12CCC(CN1)C2. The summed E-state index contributed by atoms with van der Waals surface area (Å²) < 4.78 is 0. The van der Waals surface area contributed by atoms with Crippen molar-refractivity contribution >= 4 is 0 Å². The van der Waals surface area contributed by atoms with Gasteiger partial charge < -0.3 is 15.3 Å². The fourth-order valence-electron chi connectivity index (χ4n) is 3.12. The molecule has 3 nitrogen and oxygen atoms in total. The van der Waals surface area contributed by atoms with Crippen LogP contribution in [-0.4, -0.2) is 48.8 Å². The molecule has 0 radical (unpaired) electrons. The van der Waals surface area contributed by atoms with Crippen molar-refractivity contribution in [1.82, 2.24) is 10.2 Å².